The number of alkyl halides is 3. The first-order valence-corrected chi connectivity index (χ1v) is 7.14. The lowest BCUT2D eigenvalue weighted by Crippen LogP contribution is -2.19. The van der Waals surface area contributed by atoms with Gasteiger partial charge in [0.05, 0.1) is 22.8 Å². The third-order valence-corrected chi connectivity index (χ3v) is 3.59. The van der Waals surface area contributed by atoms with Gasteiger partial charge < -0.3 is 0 Å². The van der Waals surface area contributed by atoms with E-state index in [1.54, 1.807) is 30.3 Å². The fourth-order valence-corrected chi connectivity index (χ4v) is 2.32. The van der Waals surface area contributed by atoms with Gasteiger partial charge in [0.1, 0.15) is 18.0 Å². The van der Waals surface area contributed by atoms with Crippen LogP contribution in [0.15, 0.2) is 42.6 Å². The van der Waals surface area contributed by atoms with Gasteiger partial charge >= 0.3 is 6.18 Å². The lowest BCUT2D eigenvalue weighted by molar-refractivity contribution is -0.137. The second kappa shape index (κ2) is 6.32. The molecule has 3 rings (SSSR count). The first kappa shape index (κ1) is 16.6. The van der Waals surface area contributed by atoms with E-state index in [1.165, 1.54) is 4.68 Å². The molecule has 0 aliphatic heterocycles. The monoisotopic (exact) mass is 345 g/mol. The van der Waals surface area contributed by atoms with E-state index in [-0.39, 0.29) is 12.2 Å². The molecular formula is C16H10F3N5O. The molecular weight excluding hydrogens is 335 g/mol. The van der Waals surface area contributed by atoms with Crippen molar-refractivity contribution in [2.24, 2.45) is 0 Å². The highest BCUT2D eigenvalue weighted by molar-refractivity contribution is 5.88. The van der Waals surface area contributed by atoms with E-state index in [9.17, 15) is 23.2 Å². The van der Waals surface area contributed by atoms with Gasteiger partial charge in [-0.15, -0.1) is 5.10 Å². The number of hydrogen-bond donors (Lipinski definition) is 0. The second-order valence-corrected chi connectivity index (χ2v) is 5.23. The van der Waals surface area contributed by atoms with Gasteiger partial charge in [-0.05, 0) is 24.3 Å². The highest BCUT2D eigenvalue weighted by atomic mass is 19.4. The molecule has 3 aromatic rings. The summed E-state index contributed by atoms with van der Waals surface area (Å²) in [5.41, 5.74) is 0.233. The minimum Gasteiger partial charge on any atom is -0.296 e. The summed E-state index contributed by atoms with van der Waals surface area (Å²) in [5.74, 6) is -1.82. The van der Waals surface area contributed by atoms with Gasteiger partial charge in [-0.3, -0.25) is 9.78 Å². The van der Waals surface area contributed by atoms with Crippen LogP contribution in [0.3, 0.4) is 0 Å². The zero-order valence-corrected chi connectivity index (χ0v) is 12.6. The van der Waals surface area contributed by atoms with Crippen LogP contribution in [0.4, 0.5) is 13.2 Å². The minimum absolute atomic E-state index is 0.0371. The normalized spacial score (nSPS) is 12.7. The van der Waals surface area contributed by atoms with E-state index >= 15 is 0 Å². The van der Waals surface area contributed by atoms with E-state index in [0.717, 1.165) is 12.1 Å². The number of ketones is 1. The Bertz CT molecular complexity index is 956. The van der Waals surface area contributed by atoms with Crippen LogP contribution in [0.25, 0.3) is 11.0 Å². The van der Waals surface area contributed by atoms with Crippen LogP contribution in [0.1, 0.15) is 17.2 Å². The summed E-state index contributed by atoms with van der Waals surface area (Å²) in [5, 5.41) is 17.0. The minimum atomic E-state index is -4.53. The van der Waals surface area contributed by atoms with Gasteiger partial charge in [0, 0.05) is 6.20 Å². The summed E-state index contributed by atoms with van der Waals surface area (Å²) >= 11 is 0. The highest BCUT2D eigenvalue weighted by Gasteiger charge is 2.31. The number of halogens is 3. The van der Waals surface area contributed by atoms with Gasteiger partial charge in [0.25, 0.3) is 0 Å². The van der Waals surface area contributed by atoms with Crippen molar-refractivity contribution in [3.8, 4) is 6.07 Å². The predicted octanol–water partition coefficient (Wildman–Crippen LogP) is 2.72. The molecule has 0 aliphatic carbocycles. The summed E-state index contributed by atoms with van der Waals surface area (Å²) in [6.07, 6.45) is -3.92. The number of nitrogens with zero attached hydrogens (tertiary/aromatic N) is 5. The third kappa shape index (κ3) is 3.33. The fourth-order valence-electron chi connectivity index (χ4n) is 2.32. The summed E-state index contributed by atoms with van der Waals surface area (Å²) in [6, 6.07) is 10.6. The van der Waals surface area contributed by atoms with Crippen molar-refractivity contribution < 1.29 is 18.0 Å². The molecule has 2 heterocycles. The number of hydrogen-bond acceptors (Lipinski definition) is 5. The number of fused-ring (bicyclic) bond motifs is 1. The summed E-state index contributed by atoms with van der Waals surface area (Å²) in [4.78, 5) is 16.0. The molecule has 0 fully saturated rings. The SMILES string of the molecule is N#C[C@H](C(=O)Cn1nnc2ccccc21)c1ccc(C(F)(F)F)cn1. The Kier molecular flexibility index (Phi) is 4.19. The maximum atomic E-state index is 12.6. The number of carbonyl (C=O) groups is 1. The number of Topliss-reactive ketones (excluding diaryl/α,β-unsaturated/α-hetero) is 1. The van der Waals surface area contributed by atoms with E-state index in [4.69, 9.17) is 0 Å². The number of benzene rings is 1. The molecule has 9 heteroatoms. The van der Waals surface area contributed by atoms with Crippen LogP contribution in [0.2, 0.25) is 0 Å². The molecule has 0 spiro atoms. The van der Waals surface area contributed by atoms with Crippen molar-refractivity contribution in [1.82, 2.24) is 20.0 Å². The Balaban J connectivity index is 1.83. The van der Waals surface area contributed by atoms with Gasteiger partial charge in [0.2, 0.25) is 0 Å². The summed E-state index contributed by atoms with van der Waals surface area (Å²) in [6.45, 7) is -0.235. The first-order valence-electron chi connectivity index (χ1n) is 7.14. The van der Waals surface area contributed by atoms with E-state index in [2.05, 4.69) is 15.3 Å². The number of para-hydroxylation sites is 1. The average Bonchev–Trinajstić information content (AvgIpc) is 2.98. The predicted molar refractivity (Wildman–Crippen MR) is 80.1 cm³/mol. The van der Waals surface area contributed by atoms with Crippen molar-refractivity contribution in [2.75, 3.05) is 0 Å². The number of carbonyl (C=O) groups excluding carboxylic acids is 1. The van der Waals surface area contributed by atoms with Crippen LogP contribution in [-0.4, -0.2) is 25.8 Å². The molecule has 0 aliphatic rings. The Morgan fingerprint density at radius 1 is 1.24 bits per heavy atom. The molecule has 0 bridgehead atoms. The molecule has 2 aromatic heterocycles. The van der Waals surface area contributed by atoms with Crippen LogP contribution >= 0.6 is 0 Å². The zero-order chi connectivity index (χ0) is 18.0. The van der Waals surface area contributed by atoms with Gasteiger partial charge in [-0.25, -0.2) is 4.68 Å². The maximum Gasteiger partial charge on any atom is 0.417 e. The first-order chi connectivity index (χ1) is 11.9. The lowest BCUT2D eigenvalue weighted by atomic mass is 10.0. The average molecular weight is 345 g/mol. The largest absolute Gasteiger partial charge is 0.417 e. The van der Waals surface area contributed by atoms with Crippen molar-refractivity contribution in [1.29, 1.82) is 5.26 Å². The Labute approximate surface area is 139 Å². The molecule has 0 N–H and O–H groups in total. The smallest absolute Gasteiger partial charge is 0.296 e. The Hall–Kier alpha value is -3.28. The molecule has 1 aromatic carbocycles. The van der Waals surface area contributed by atoms with Gasteiger partial charge in [0.15, 0.2) is 5.78 Å². The van der Waals surface area contributed by atoms with Gasteiger partial charge in [-0.2, -0.15) is 18.4 Å². The number of aromatic nitrogens is 4. The second-order valence-electron chi connectivity index (χ2n) is 5.23. The summed E-state index contributed by atoms with van der Waals surface area (Å²) in [7, 11) is 0. The molecule has 0 unspecified atom stereocenters. The molecule has 0 saturated carbocycles. The molecule has 126 valence electrons. The number of nitriles is 1. The van der Waals surface area contributed by atoms with E-state index in [0.29, 0.717) is 17.2 Å². The van der Waals surface area contributed by atoms with Crippen LogP contribution in [0.5, 0.6) is 0 Å². The molecule has 0 radical (unpaired) electrons. The Morgan fingerprint density at radius 2 is 2.00 bits per heavy atom. The third-order valence-electron chi connectivity index (χ3n) is 3.59. The molecule has 1 atom stereocenters. The zero-order valence-electron chi connectivity index (χ0n) is 12.6. The topological polar surface area (TPSA) is 84.5 Å². The lowest BCUT2D eigenvalue weighted by Gasteiger charge is -2.10. The molecule has 25 heavy (non-hydrogen) atoms. The van der Waals surface area contributed by atoms with Crippen molar-refractivity contribution in [2.45, 2.75) is 18.6 Å². The maximum absolute atomic E-state index is 12.6. The van der Waals surface area contributed by atoms with Crippen molar-refractivity contribution in [3.63, 3.8) is 0 Å². The van der Waals surface area contributed by atoms with Crippen LogP contribution < -0.4 is 0 Å². The standard InChI is InChI=1S/C16H10F3N5O/c17-16(18,19)10-5-6-12(21-8-10)11(7-20)15(25)9-24-14-4-2-1-3-13(14)22-23-24/h1-6,8,11H,9H2/t11-/m0/s1. The molecule has 0 amide bonds. The van der Waals surface area contributed by atoms with Gasteiger partial charge in [-0.1, -0.05) is 17.3 Å². The van der Waals surface area contributed by atoms with Crippen molar-refractivity contribution in [3.05, 3.63) is 53.9 Å². The van der Waals surface area contributed by atoms with Crippen LogP contribution in [0, 0.1) is 11.3 Å². The summed E-state index contributed by atoms with van der Waals surface area (Å²) < 4.78 is 39.1. The molecule has 0 saturated heterocycles. The van der Waals surface area contributed by atoms with E-state index in [1.807, 2.05) is 0 Å². The number of rotatable bonds is 4. The quantitative estimate of drug-likeness (QED) is 0.726. The van der Waals surface area contributed by atoms with Crippen molar-refractivity contribution >= 4 is 16.8 Å². The Morgan fingerprint density at radius 3 is 2.64 bits per heavy atom. The fraction of sp³-hybridized carbons (Fsp3) is 0.188. The van der Waals surface area contributed by atoms with Crippen LogP contribution in [-0.2, 0) is 17.5 Å². The number of pyridine rings is 1. The highest BCUT2D eigenvalue weighted by Crippen LogP contribution is 2.29. The van der Waals surface area contributed by atoms with E-state index < -0.39 is 23.4 Å². The molecule has 6 nitrogen and oxygen atoms in total.